The highest BCUT2D eigenvalue weighted by molar-refractivity contribution is 6.30. The summed E-state index contributed by atoms with van der Waals surface area (Å²) in [6.45, 7) is 5.42. The van der Waals surface area contributed by atoms with Crippen molar-refractivity contribution in [1.29, 1.82) is 0 Å². The van der Waals surface area contributed by atoms with E-state index in [4.69, 9.17) is 11.6 Å². The molecule has 2 aromatic rings. The van der Waals surface area contributed by atoms with Crippen LogP contribution in [0.25, 0.3) is 0 Å². The number of hydrogen-bond acceptors (Lipinski definition) is 3. The van der Waals surface area contributed by atoms with Crippen molar-refractivity contribution < 1.29 is 9.59 Å². The zero-order valence-corrected chi connectivity index (χ0v) is 19.2. The molecule has 6 heteroatoms. The van der Waals surface area contributed by atoms with E-state index in [9.17, 15) is 9.59 Å². The highest BCUT2D eigenvalue weighted by atomic mass is 35.5. The number of carbonyl (C=O) groups is 2. The highest BCUT2D eigenvalue weighted by Gasteiger charge is 2.32. The Hall–Kier alpha value is -2.37. The minimum Gasteiger partial charge on any atom is -0.334 e. The first-order chi connectivity index (χ1) is 15.6. The Morgan fingerprint density at radius 2 is 1.69 bits per heavy atom. The topological polar surface area (TPSA) is 43.9 Å². The predicted molar refractivity (Wildman–Crippen MR) is 126 cm³/mol. The quantitative estimate of drug-likeness (QED) is 0.698. The Morgan fingerprint density at radius 3 is 2.50 bits per heavy atom. The summed E-state index contributed by atoms with van der Waals surface area (Å²) in [6, 6.07) is 13.5. The fraction of sp³-hybridized carbons (Fsp3) is 0.462. The molecule has 0 aliphatic carbocycles. The van der Waals surface area contributed by atoms with Crippen LogP contribution in [-0.4, -0.2) is 65.3 Å². The third-order valence-electron chi connectivity index (χ3n) is 7.13. The summed E-state index contributed by atoms with van der Waals surface area (Å²) in [5.41, 5.74) is 3.71. The van der Waals surface area contributed by atoms with Gasteiger partial charge in [0.1, 0.15) is 0 Å². The first kappa shape index (κ1) is 21.5. The van der Waals surface area contributed by atoms with E-state index in [2.05, 4.69) is 15.9 Å². The van der Waals surface area contributed by atoms with Gasteiger partial charge in [-0.15, -0.1) is 0 Å². The van der Waals surface area contributed by atoms with Crippen LogP contribution in [0.1, 0.15) is 57.5 Å². The zero-order chi connectivity index (χ0) is 22.1. The molecule has 0 spiro atoms. The van der Waals surface area contributed by atoms with Crippen LogP contribution in [0.4, 0.5) is 0 Å². The molecule has 3 heterocycles. The second-order valence-corrected chi connectivity index (χ2v) is 9.71. The van der Waals surface area contributed by atoms with Crippen LogP contribution in [-0.2, 0) is 13.0 Å². The van der Waals surface area contributed by atoms with Gasteiger partial charge in [0.15, 0.2) is 0 Å². The van der Waals surface area contributed by atoms with Crippen LogP contribution in [0, 0.1) is 0 Å². The van der Waals surface area contributed by atoms with Crippen LogP contribution in [0.5, 0.6) is 0 Å². The molecule has 2 aromatic carbocycles. The molecule has 0 N–H and O–H groups in total. The fourth-order valence-corrected chi connectivity index (χ4v) is 5.58. The number of amides is 2. The molecule has 5 rings (SSSR count). The van der Waals surface area contributed by atoms with Crippen molar-refractivity contribution >= 4 is 23.4 Å². The second kappa shape index (κ2) is 9.24. The van der Waals surface area contributed by atoms with Crippen molar-refractivity contribution in [3.05, 3.63) is 69.7 Å². The van der Waals surface area contributed by atoms with Gasteiger partial charge >= 0.3 is 0 Å². The Morgan fingerprint density at radius 1 is 0.875 bits per heavy atom. The standard InChI is InChI=1S/C26H30ClN3O2/c27-23-6-3-5-20(16-23)25(31)29-14-10-19-15-21(8-9-22(19)17-29)26(32)30-13-4-7-24(30)18-28-11-1-2-12-28/h3,5-6,8-9,15-16,24H,1-2,4,7,10-14,17-18H2/t24-/m0/s1. The molecule has 3 aliphatic rings. The van der Waals surface area contributed by atoms with Crippen molar-refractivity contribution in [2.75, 3.05) is 32.7 Å². The monoisotopic (exact) mass is 451 g/mol. The number of benzene rings is 2. The van der Waals surface area contributed by atoms with Gasteiger partial charge in [-0.3, -0.25) is 9.59 Å². The molecular formula is C26H30ClN3O2. The van der Waals surface area contributed by atoms with Gasteiger partial charge in [0, 0.05) is 48.4 Å². The predicted octanol–water partition coefficient (Wildman–Crippen LogP) is 4.24. The summed E-state index contributed by atoms with van der Waals surface area (Å²) < 4.78 is 0. The van der Waals surface area contributed by atoms with Gasteiger partial charge in [-0.1, -0.05) is 23.7 Å². The van der Waals surface area contributed by atoms with Crippen molar-refractivity contribution in [3.8, 4) is 0 Å². The van der Waals surface area contributed by atoms with Crippen LogP contribution in [0.15, 0.2) is 42.5 Å². The average Bonchev–Trinajstić information content (AvgIpc) is 3.50. The van der Waals surface area contributed by atoms with E-state index in [1.54, 1.807) is 24.3 Å². The van der Waals surface area contributed by atoms with Crippen molar-refractivity contribution in [3.63, 3.8) is 0 Å². The Labute approximate surface area is 194 Å². The Bertz CT molecular complexity index is 1020. The maximum atomic E-state index is 13.3. The molecule has 2 fully saturated rings. The highest BCUT2D eigenvalue weighted by Crippen LogP contribution is 2.26. The smallest absolute Gasteiger partial charge is 0.254 e. The summed E-state index contributed by atoms with van der Waals surface area (Å²) in [4.78, 5) is 32.7. The number of likely N-dealkylation sites (tertiary alicyclic amines) is 2. The molecule has 1 atom stereocenters. The molecule has 0 saturated carbocycles. The van der Waals surface area contributed by atoms with Gasteiger partial charge in [-0.25, -0.2) is 0 Å². The van der Waals surface area contributed by atoms with Crippen LogP contribution in [0.2, 0.25) is 5.02 Å². The summed E-state index contributed by atoms with van der Waals surface area (Å²) in [6.07, 6.45) is 5.52. The van der Waals surface area contributed by atoms with Gasteiger partial charge in [0.2, 0.25) is 0 Å². The molecule has 2 saturated heterocycles. The van der Waals surface area contributed by atoms with E-state index in [-0.39, 0.29) is 11.8 Å². The van der Waals surface area contributed by atoms with Gasteiger partial charge in [0.05, 0.1) is 0 Å². The lowest BCUT2D eigenvalue weighted by atomic mass is 9.96. The molecule has 5 nitrogen and oxygen atoms in total. The zero-order valence-electron chi connectivity index (χ0n) is 18.4. The minimum atomic E-state index is 0.000115. The fourth-order valence-electron chi connectivity index (χ4n) is 5.39. The average molecular weight is 452 g/mol. The molecule has 0 bridgehead atoms. The number of carbonyl (C=O) groups excluding carboxylic acids is 2. The van der Waals surface area contributed by atoms with E-state index in [1.807, 2.05) is 17.0 Å². The van der Waals surface area contributed by atoms with Gasteiger partial charge in [-0.2, -0.15) is 0 Å². The summed E-state index contributed by atoms with van der Waals surface area (Å²) in [7, 11) is 0. The van der Waals surface area contributed by atoms with E-state index in [0.717, 1.165) is 43.5 Å². The number of hydrogen-bond donors (Lipinski definition) is 0. The van der Waals surface area contributed by atoms with Crippen molar-refractivity contribution in [1.82, 2.24) is 14.7 Å². The lowest BCUT2D eigenvalue weighted by molar-refractivity contribution is 0.0703. The normalized spacial score (nSPS) is 21.1. The van der Waals surface area contributed by atoms with Crippen LogP contribution < -0.4 is 0 Å². The number of rotatable bonds is 4. The molecule has 32 heavy (non-hydrogen) atoms. The lowest BCUT2D eigenvalue weighted by Gasteiger charge is -2.31. The molecule has 0 unspecified atom stereocenters. The summed E-state index contributed by atoms with van der Waals surface area (Å²) in [5, 5.41) is 0.571. The van der Waals surface area contributed by atoms with Crippen molar-refractivity contribution in [2.24, 2.45) is 0 Å². The summed E-state index contributed by atoms with van der Waals surface area (Å²) in [5.74, 6) is 0.159. The first-order valence-electron chi connectivity index (χ1n) is 11.8. The number of fused-ring (bicyclic) bond motifs is 1. The molecular weight excluding hydrogens is 422 g/mol. The second-order valence-electron chi connectivity index (χ2n) is 9.27. The molecule has 0 aromatic heterocycles. The van der Waals surface area contributed by atoms with Crippen LogP contribution >= 0.6 is 11.6 Å². The van der Waals surface area contributed by atoms with E-state index >= 15 is 0 Å². The first-order valence-corrected chi connectivity index (χ1v) is 12.2. The molecule has 0 radical (unpaired) electrons. The van der Waals surface area contributed by atoms with Crippen molar-refractivity contribution in [2.45, 2.75) is 44.7 Å². The van der Waals surface area contributed by atoms with Crippen LogP contribution in [0.3, 0.4) is 0 Å². The maximum absolute atomic E-state index is 13.3. The van der Waals surface area contributed by atoms with E-state index in [1.165, 1.54) is 31.5 Å². The Balaban J connectivity index is 1.27. The van der Waals surface area contributed by atoms with Gasteiger partial charge < -0.3 is 14.7 Å². The summed E-state index contributed by atoms with van der Waals surface area (Å²) >= 11 is 6.06. The lowest BCUT2D eigenvalue weighted by Crippen LogP contribution is -2.42. The Kier molecular flexibility index (Phi) is 6.20. The third kappa shape index (κ3) is 4.41. The van der Waals surface area contributed by atoms with E-state index in [0.29, 0.717) is 29.7 Å². The minimum absolute atomic E-state index is 0.000115. The van der Waals surface area contributed by atoms with Gasteiger partial charge in [-0.05, 0) is 86.7 Å². The van der Waals surface area contributed by atoms with E-state index < -0.39 is 0 Å². The molecule has 3 aliphatic heterocycles. The largest absolute Gasteiger partial charge is 0.334 e. The number of nitrogens with zero attached hydrogens (tertiary/aromatic N) is 3. The molecule has 2 amide bonds. The number of halogens is 1. The molecule has 168 valence electrons. The van der Waals surface area contributed by atoms with Gasteiger partial charge in [0.25, 0.3) is 11.8 Å². The SMILES string of the molecule is O=C(c1cccc(Cl)c1)N1CCc2cc(C(=O)N3CCC[C@H]3CN3CCCC3)ccc2C1. The third-order valence-corrected chi connectivity index (χ3v) is 7.36. The maximum Gasteiger partial charge on any atom is 0.254 e.